The molecule has 0 aliphatic rings. The SMILES string of the molecule is COc1ccccc1[C@H](C)NC(=O)[C@@H](C)N(c1cc([N+](=O)[O-])ccc1C)S(C)(=O)=O. The highest BCUT2D eigenvalue weighted by Gasteiger charge is 2.32. The highest BCUT2D eigenvalue weighted by molar-refractivity contribution is 7.92. The minimum absolute atomic E-state index is 0.0827. The van der Waals surface area contributed by atoms with Crippen LogP contribution in [0.5, 0.6) is 5.75 Å². The number of ether oxygens (including phenoxy) is 1. The van der Waals surface area contributed by atoms with E-state index in [0.717, 1.165) is 22.2 Å². The number of para-hydroxylation sites is 1. The van der Waals surface area contributed by atoms with Crippen molar-refractivity contribution >= 4 is 27.3 Å². The van der Waals surface area contributed by atoms with Gasteiger partial charge >= 0.3 is 0 Å². The summed E-state index contributed by atoms with van der Waals surface area (Å²) >= 11 is 0. The Hall–Kier alpha value is -3.14. The minimum Gasteiger partial charge on any atom is -0.496 e. The van der Waals surface area contributed by atoms with Gasteiger partial charge in [-0.15, -0.1) is 0 Å². The Bertz CT molecular complexity index is 1050. The molecule has 2 aromatic carbocycles. The predicted octanol–water partition coefficient (Wildman–Crippen LogP) is 2.94. The van der Waals surface area contributed by atoms with E-state index in [-0.39, 0.29) is 11.4 Å². The number of benzene rings is 2. The number of non-ortho nitro benzene ring substituents is 1. The van der Waals surface area contributed by atoms with Crippen molar-refractivity contribution in [2.24, 2.45) is 0 Å². The molecule has 0 heterocycles. The Kier molecular flexibility index (Phi) is 7.04. The molecular weight excluding hydrogens is 410 g/mol. The van der Waals surface area contributed by atoms with Crippen LogP contribution in [0.2, 0.25) is 0 Å². The van der Waals surface area contributed by atoms with Crippen molar-refractivity contribution in [3.8, 4) is 5.75 Å². The van der Waals surface area contributed by atoms with E-state index in [0.29, 0.717) is 11.3 Å². The Morgan fingerprint density at radius 3 is 2.40 bits per heavy atom. The van der Waals surface area contributed by atoms with Gasteiger partial charge in [-0.05, 0) is 32.4 Å². The highest BCUT2D eigenvalue weighted by Crippen LogP contribution is 2.30. The summed E-state index contributed by atoms with van der Waals surface area (Å²) in [5.41, 5.74) is 1.04. The minimum atomic E-state index is -3.92. The van der Waals surface area contributed by atoms with Crippen LogP contribution >= 0.6 is 0 Å². The van der Waals surface area contributed by atoms with Crippen LogP contribution in [0.4, 0.5) is 11.4 Å². The first kappa shape index (κ1) is 23.1. The fourth-order valence-electron chi connectivity index (χ4n) is 3.17. The average Bonchev–Trinajstić information content (AvgIpc) is 2.68. The van der Waals surface area contributed by atoms with Crippen molar-refractivity contribution in [3.63, 3.8) is 0 Å². The van der Waals surface area contributed by atoms with E-state index in [9.17, 15) is 23.3 Å². The molecule has 30 heavy (non-hydrogen) atoms. The fraction of sp³-hybridized carbons (Fsp3) is 0.350. The maximum absolute atomic E-state index is 12.9. The second kappa shape index (κ2) is 9.12. The molecular formula is C20H25N3O6S. The molecule has 2 atom stereocenters. The van der Waals surface area contributed by atoms with E-state index in [2.05, 4.69) is 5.32 Å². The number of nitrogens with one attached hydrogen (secondary N) is 1. The standard InChI is InChI=1S/C20H25N3O6S/c1-13-10-11-16(23(25)26)12-18(13)22(30(5,27)28)15(3)20(24)21-14(2)17-8-6-7-9-19(17)29-4/h6-12,14-15H,1-5H3,(H,21,24)/t14-,15+/m0/s1. The average molecular weight is 436 g/mol. The van der Waals surface area contributed by atoms with E-state index < -0.39 is 32.9 Å². The molecule has 0 bridgehead atoms. The van der Waals surface area contributed by atoms with Gasteiger partial charge in [0.05, 0.1) is 30.0 Å². The van der Waals surface area contributed by atoms with Crippen LogP contribution in [0.15, 0.2) is 42.5 Å². The van der Waals surface area contributed by atoms with E-state index in [1.807, 2.05) is 0 Å². The topological polar surface area (TPSA) is 119 Å². The summed E-state index contributed by atoms with van der Waals surface area (Å²) in [5.74, 6) is 0.0391. The maximum atomic E-state index is 12.9. The molecule has 9 nitrogen and oxygen atoms in total. The smallest absolute Gasteiger partial charge is 0.271 e. The van der Waals surface area contributed by atoms with Crippen molar-refractivity contribution in [1.29, 1.82) is 0 Å². The normalized spacial score (nSPS) is 13.2. The van der Waals surface area contributed by atoms with Crippen molar-refractivity contribution < 1.29 is 22.9 Å². The van der Waals surface area contributed by atoms with Gasteiger partial charge in [-0.3, -0.25) is 19.2 Å². The number of rotatable bonds is 8. The number of amides is 1. The quantitative estimate of drug-likeness (QED) is 0.503. The van der Waals surface area contributed by atoms with Gasteiger partial charge in [0, 0.05) is 17.7 Å². The molecule has 0 saturated carbocycles. The number of nitrogens with zero attached hydrogens (tertiary/aromatic N) is 2. The third kappa shape index (κ3) is 5.07. The lowest BCUT2D eigenvalue weighted by atomic mass is 10.1. The number of aryl methyl sites for hydroxylation is 1. The Labute approximate surface area is 175 Å². The molecule has 1 amide bonds. The van der Waals surface area contributed by atoms with Gasteiger partial charge in [0.15, 0.2) is 0 Å². The summed E-state index contributed by atoms with van der Waals surface area (Å²) in [4.78, 5) is 23.5. The van der Waals surface area contributed by atoms with E-state index in [1.165, 1.54) is 26.2 Å². The molecule has 0 aliphatic carbocycles. The zero-order chi connectivity index (χ0) is 22.6. The molecule has 2 rings (SSSR count). The van der Waals surface area contributed by atoms with Gasteiger partial charge in [0.25, 0.3) is 5.69 Å². The zero-order valence-corrected chi connectivity index (χ0v) is 18.3. The first-order valence-electron chi connectivity index (χ1n) is 9.15. The number of carbonyl (C=O) groups excluding carboxylic acids is 1. The van der Waals surface area contributed by atoms with E-state index in [4.69, 9.17) is 4.74 Å². The summed E-state index contributed by atoms with van der Waals surface area (Å²) in [7, 11) is -2.39. The number of carbonyl (C=O) groups is 1. The van der Waals surface area contributed by atoms with Crippen LogP contribution in [-0.2, 0) is 14.8 Å². The zero-order valence-electron chi connectivity index (χ0n) is 17.4. The van der Waals surface area contributed by atoms with Gasteiger partial charge in [-0.25, -0.2) is 8.42 Å². The van der Waals surface area contributed by atoms with E-state index in [1.54, 1.807) is 38.1 Å². The number of hydrogen-bond acceptors (Lipinski definition) is 6. The maximum Gasteiger partial charge on any atom is 0.271 e. The van der Waals surface area contributed by atoms with Crippen LogP contribution in [0.3, 0.4) is 0 Å². The number of nitro benzene ring substituents is 1. The van der Waals surface area contributed by atoms with Gasteiger partial charge in [0.2, 0.25) is 15.9 Å². The van der Waals surface area contributed by atoms with Crippen LogP contribution in [0.25, 0.3) is 0 Å². The summed E-state index contributed by atoms with van der Waals surface area (Å²) in [5, 5.41) is 13.9. The van der Waals surface area contributed by atoms with Gasteiger partial charge < -0.3 is 10.1 Å². The monoisotopic (exact) mass is 435 g/mol. The lowest BCUT2D eigenvalue weighted by molar-refractivity contribution is -0.384. The number of hydrogen-bond donors (Lipinski definition) is 1. The summed E-state index contributed by atoms with van der Waals surface area (Å²) in [6.07, 6.45) is 0.957. The second-order valence-electron chi connectivity index (χ2n) is 6.93. The lowest BCUT2D eigenvalue weighted by Crippen LogP contribution is -2.48. The van der Waals surface area contributed by atoms with Crippen molar-refractivity contribution in [2.75, 3.05) is 17.7 Å². The largest absolute Gasteiger partial charge is 0.496 e. The molecule has 0 unspecified atom stereocenters. The summed E-state index contributed by atoms with van der Waals surface area (Å²) in [6.45, 7) is 4.81. The van der Waals surface area contributed by atoms with Crippen LogP contribution in [-0.4, -0.2) is 38.7 Å². The Morgan fingerprint density at radius 1 is 1.20 bits per heavy atom. The van der Waals surface area contributed by atoms with Gasteiger partial charge in [0.1, 0.15) is 11.8 Å². The molecule has 1 N–H and O–H groups in total. The third-order valence-corrected chi connectivity index (χ3v) is 5.92. The van der Waals surface area contributed by atoms with E-state index >= 15 is 0 Å². The number of nitro groups is 1. The van der Waals surface area contributed by atoms with Gasteiger partial charge in [-0.2, -0.15) is 0 Å². The molecule has 162 valence electrons. The van der Waals surface area contributed by atoms with Crippen LogP contribution in [0.1, 0.15) is 31.0 Å². The van der Waals surface area contributed by atoms with Crippen molar-refractivity contribution in [2.45, 2.75) is 32.9 Å². The number of sulfonamides is 1. The summed E-state index contributed by atoms with van der Waals surface area (Å²) < 4.78 is 31.3. The molecule has 0 aromatic heterocycles. The second-order valence-corrected chi connectivity index (χ2v) is 8.79. The first-order valence-corrected chi connectivity index (χ1v) is 11.0. The first-order chi connectivity index (χ1) is 14.0. The third-order valence-electron chi connectivity index (χ3n) is 4.69. The Balaban J connectivity index is 2.39. The van der Waals surface area contributed by atoms with Crippen LogP contribution < -0.4 is 14.4 Å². The molecule has 0 saturated heterocycles. The molecule has 2 aromatic rings. The molecule has 10 heteroatoms. The molecule has 0 aliphatic heterocycles. The molecule has 0 fully saturated rings. The van der Waals surface area contributed by atoms with Gasteiger partial charge in [-0.1, -0.05) is 24.3 Å². The highest BCUT2D eigenvalue weighted by atomic mass is 32.2. The van der Waals surface area contributed by atoms with Crippen molar-refractivity contribution in [3.05, 3.63) is 63.7 Å². The fourth-order valence-corrected chi connectivity index (χ4v) is 4.39. The lowest BCUT2D eigenvalue weighted by Gasteiger charge is -2.30. The number of methoxy groups -OCH3 is 1. The predicted molar refractivity (Wildman–Crippen MR) is 114 cm³/mol. The number of anilines is 1. The van der Waals surface area contributed by atoms with Crippen LogP contribution in [0, 0.1) is 17.0 Å². The molecule has 0 radical (unpaired) electrons. The Morgan fingerprint density at radius 2 is 1.83 bits per heavy atom. The van der Waals surface area contributed by atoms with Crippen molar-refractivity contribution in [1.82, 2.24) is 5.32 Å². The molecule has 0 spiro atoms. The summed E-state index contributed by atoms with van der Waals surface area (Å²) in [6, 6.07) is 9.46.